The van der Waals surface area contributed by atoms with E-state index in [9.17, 15) is 27.6 Å². The molecular formula is C28H29N5O6S. The van der Waals surface area contributed by atoms with Gasteiger partial charge in [0, 0.05) is 18.1 Å². The normalized spacial score (nSPS) is 20.1. The molecule has 1 aromatic carbocycles. The van der Waals surface area contributed by atoms with E-state index in [1.165, 1.54) is 23.2 Å². The number of fused-ring (bicyclic) bond motifs is 2. The molecule has 2 aliphatic heterocycles. The Hall–Kier alpha value is -4.03. The van der Waals surface area contributed by atoms with Gasteiger partial charge < -0.3 is 10.2 Å². The van der Waals surface area contributed by atoms with Crippen LogP contribution in [0.5, 0.6) is 0 Å². The number of hydrogen-bond donors (Lipinski definition) is 1. The Bertz CT molecular complexity index is 1590. The maximum Gasteiger partial charge on any atom is 0.310 e. The molecule has 208 valence electrons. The van der Waals surface area contributed by atoms with E-state index in [1.807, 2.05) is 32.0 Å². The van der Waals surface area contributed by atoms with Gasteiger partial charge in [-0.1, -0.05) is 44.2 Å². The number of nitrogens with zero attached hydrogens (tertiary/aromatic N) is 4. The number of ketones is 1. The maximum atomic E-state index is 13.8. The Labute approximate surface area is 231 Å². The van der Waals surface area contributed by atoms with Crippen LogP contribution in [0, 0.1) is 5.92 Å². The van der Waals surface area contributed by atoms with Gasteiger partial charge in [0.05, 0.1) is 18.1 Å². The maximum absolute atomic E-state index is 13.8. The minimum absolute atomic E-state index is 0.0318. The summed E-state index contributed by atoms with van der Waals surface area (Å²) in [6, 6.07) is 12.2. The third kappa shape index (κ3) is 5.11. The Balaban J connectivity index is 1.35. The van der Waals surface area contributed by atoms with E-state index in [4.69, 9.17) is 0 Å². The van der Waals surface area contributed by atoms with E-state index in [-0.39, 0.29) is 30.3 Å². The second kappa shape index (κ2) is 10.9. The van der Waals surface area contributed by atoms with Crippen LogP contribution in [-0.2, 0) is 19.6 Å². The first-order valence-electron chi connectivity index (χ1n) is 13.0. The first-order chi connectivity index (χ1) is 19.1. The predicted octanol–water partition coefficient (Wildman–Crippen LogP) is 1.80. The summed E-state index contributed by atoms with van der Waals surface area (Å²) in [7, 11) is -4.55. The minimum atomic E-state index is -4.55. The number of benzene rings is 1. The molecule has 0 saturated carbocycles. The summed E-state index contributed by atoms with van der Waals surface area (Å²) >= 11 is 0. The molecule has 3 unspecified atom stereocenters. The number of sulfonamides is 1. The number of hydrogen-bond acceptors (Lipinski definition) is 8. The molecule has 2 amide bonds. The number of para-hydroxylation sites is 1. The quantitative estimate of drug-likeness (QED) is 0.458. The molecule has 5 rings (SSSR count). The van der Waals surface area contributed by atoms with Crippen molar-refractivity contribution in [1.82, 2.24) is 24.5 Å². The first kappa shape index (κ1) is 27.5. The zero-order valence-electron chi connectivity index (χ0n) is 22.1. The summed E-state index contributed by atoms with van der Waals surface area (Å²) < 4.78 is 27.3. The lowest BCUT2D eigenvalue weighted by atomic mass is 10.0. The number of carbonyl (C=O) groups is 4. The van der Waals surface area contributed by atoms with Crippen LogP contribution in [-0.4, -0.2) is 81.5 Å². The van der Waals surface area contributed by atoms with Crippen molar-refractivity contribution in [2.24, 2.45) is 5.92 Å². The minimum Gasteiger partial charge on any atom is -0.339 e. The molecule has 2 aliphatic rings. The summed E-state index contributed by atoms with van der Waals surface area (Å²) in [6.07, 6.45) is 1.80. The van der Waals surface area contributed by atoms with Gasteiger partial charge in [0.25, 0.3) is 15.9 Å². The monoisotopic (exact) mass is 563 g/mol. The third-order valence-electron chi connectivity index (χ3n) is 7.22. The van der Waals surface area contributed by atoms with Gasteiger partial charge in [0.2, 0.25) is 5.91 Å². The van der Waals surface area contributed by atoms with Crippen LogP contribution in [0.2, 0.25) is 0 Å². The molecule has 11 nitrogen and oxygen atoms in total. The van der Waals surface area contributed by atoms with Crippen LogP contribution in [0.4, 0.5) is 0 Å². The van der Waals surface area contributed by atoms with E-state index < -0.39 is 57.4 Å². The van der Waals surface area contributed by atoms with Crippen LogP contribution in [0.25, 0.3) is 10.9 Å². The topological polar surface area (TPSA) is 147 Å². The molecule has 2 saturated heterocycles. The van der Waals surface area contributed by atoms with Crippen molar-refractivity contribution < 1.29 is 27.6 Å². The lowest BCUT2D eigenvalue weighted by Crippen LogP contribution is -2.53. The van der Waals surface area contributed by atoms with Gasteiger partial charge in [-0.25, -0.2) is 13.4 Å². The first-order valence-corrected chi connectivity index (χ1v) is 14.5. The highest BCUT2D eigenvalue weighted by molar-refractivity contribution is 8.04. The van der Waals surface area contributed by atoms with Crippen LogP contribution >= 0.6 is 0 Å². The van der Waals surface area contributed by atoms with Gasteiger partial charge in [-0.3, -0.25) is 24.2 Å². The van der Waals surface area contributed by atoms with Crippen LogP contribution in [0.3, 0.4) is 0 Å². The fraction of sp³-hybridized carbons (Fsp3) is 0.357. The van der Waals surface area contributed by atoms with Crippen LogP contribution in [0.15, 0.2) is 60.8 Å². The molecule has 3 aromatic rings. The smallest absolute Gasteiger partial charge is 0.310 e. The molecule has 0 spiro atoms. The summed E-state index contributed by atoms with van der Waals surface area (Å²) in [6.45, 7) is 3.42. The number of Topliss-reactive ketones (excluding diaryl/α,β-unsaturated/α-hetero) is 1. The molecule has 4 heterocycles. The zero-order chi connectivity index (χ0) is 28.6. The highest BCUT2D eigenvalue weighted by Gasteiger charge is 2.55. The van der Waals surface area contributed by atoms with Gasteiger partial charge in [-0.15, -0.1) is 0 Å². The van der Waals surface area contributed by atoms with Crippen molar-refractivity contribution in [1.29, 1.82) is 0 Å². The number of nitrogens with one attached hydrogen (secondary N) is 1. The molecule has 12 heteroatoms. The molecular weight excluding hydrogens is 534 g/mol. The second-order valence-corrected chi connectivity index (χ2v) is 12.2. The van der Waals surface area contributed by atoms with Crippen molar-refractivity contribution in [2.45, 2.75) is 44.8 Å². The molecule has 3 atom stereocenters. The number of carbonyl (C=O) groups excluding carboxylic acids is 4. The van der Waals surface area contributed by atoms with Crippen molar-refractivity contribution >= 4 is 43.6 Å². The van der Waals surface area contributed by atoms with Crippen LogP contribution in [0.1, 0.15) is 47.7 Å². The Kier molecular flexibility index (Phi) is 7.47. The number of pyridine rings is 2. The molecule has 0 bridgehead atoms. The average Bonchev–Trinajstić information content (AvgIpc) is 3.53. The summed E-state index contributed by atoms with van der Waals surface area (Å²) in [5.41, 5.74) is 0.551. The van der Waals surface area contributed by atoms with E-state index in [0.29, 0.717) is 11.9 Å². The summed E-state index contributed by atoms with van der Waals surface area (Å²) in [5.74, 6) is -1.44. The molecule has 0 aliphatic carbocycles. The number of aromatic nitrogens is 2. The molecule has 0 radical (unpaired) electrons. The Morgan fingerprint density at radius 2 is 1.77 bits per heavy atom. The number of amides is 2. The standard InChI is InChI=1S/C28H29N5O6S/c1-17(2)15-22(31-26(35)20-11-10-18-7-3-4-8-19(18)30-20)27(36)32-14-12-23-25(32)24(34)16-33(23)40(38,39)28(37)21-9-5-6-13-29-21/h3-11,13,17,22-23,25H,12,14-16H2,1-2H3,(H,31,35). The van der Waals surface area contributed by atoms with E-state index >= 15 is 0 Å². The SMILES string of the molecule is CC(C)CC(NC(=O)c1ccc2ccccc2n1)C(=O)N1CCC2C1C(=O)CN2S(=O)(=O)C(=O)c1ccccn1. The molecule has 2 fully saturated rings. The summed E-state index contributed by atoms with van der Waals surface area (Å²) in [4.78, 5) is 62.3. The molecule has 40 heavy (non-hydrogen) atoms. The van der Waals surface area contributed by atoms with Gasteiger partial charge in [0.15, 0.2) is 5.78 Å². The van der Waals surface area contributed by atoms with Crippen LogP contribution < -0.4 is 5.32 Å². The van der Waals surface area contributed by atoms with E-state index in [1.54, 1.807) is 24.3 Å². The van der Waals surface area contributed by atoms with Gasteiger partial charge in [0.1, 0.15) is 23.5 Å². The van der Waals surface area contributed by atoms with Gasteiger partial charge in [-0.2, -0.15) is 4.31 Å². The van der Waals surface area contributed by atoms with Crippen molar-refractivity contribution in [3.63, 3.8) is 0 Å². The van der Waals surface area contributed by atoms with E-state index in [0.717, 1.165) is 9.69 Å². The predicted molar refractivity (Wildman–Crippen MR) is 146 cm³/mol. The Morgan fingerprint density at radius 1 is 1.02 bits per heavy atom. The zero-order valence-corrected chi connectivity index (χ0v) is 22.9. The third-order valence-corrected chi connectivity index (χ3v) is 8.91. The number of rotatable bonds is 7. The molecule has 1 N–H and O–H groups in total. The highest BCUT2D eigenvalue weighted by atomic mass is 32.2. The lowest BCUT2D eigenvalue weighted by molar-refractivity contribution is -0.138. The van der Waals surface area contributed by atoms with Crippen molar-refractivity contribution in [3.8, 4) is 0 Å². The highest BCUT2D eigenvalue weighted by Crippen LogP contribution is 2.33. The van der Waals surface area contributed by atoms with Crippen molar-refractivity contribution in [2.75, 3.05) is 13.1 Å². The number of likely N-dealkylation sites (tertiary alicyclic amines) is 1. The average molecular weight is 564 g/mol. The fourth-order valence-electron chi connectivity index (χ4n) is 5.38. The lowest BCUT2D eigenvalue weighted by Gasteiger charge is -2.29. The van der Waals surface area contributed by atoms with Crippen molar-refractivity contribution in [3.05, 3.63) is 72.2 Å². The second-order valence-electron chi connectivity index (χ2n) is 10.4. The van der Waals surface area contributed by atoms with Gasteiger partial charge >= 0.3 is 5.12 Å². The molecule has 2 aromatic heterocycles. The fourth-order valence-corrected chi connectivity index (χ4v) is 6.85. The van der Waals surface area contributed by atoms with Gasteiger partial charge in [-0.05, 0) is 43.0 Å². The largest absolute Gasteiger partial charge is 0.339 e. The summed E-state index contributed by atoms with van der Waals surface area (Å²) in [5, 5.41) is 2.46. The van der Waals surface area contributed by atoms with E-state index in [2.05, 4.69) is 15.3 Å². The Morgan fingerprint density at radius 3 is 2.50 bits per heavy atom.